The van der Waals surface area contributed by atoms with E-state index in [9.17, 15) is 32.3 Å². The van der Waals surface area contributed by atoms with Crippen LogP contribution in [0.5, 0.6) is 5.75 Å². The Morgan fingerprint density at radius 2 is 1.57 bits per heavy atom. The molecule has 228 valence electrons. The van der Waals surface area contributed by atoms with E-state index in [0.717, 1.165) is 17.7 Å². The van der Waals surface area contributed by atoms with Crippen molar-refractivity contribution >= 4 is 29.3 Å². The number of anilines is 1. The second kappa shape index (κ2) is 11.4. The highest BCUT2D eigenvalue weighted by molar-refractivity contribution is 6.34. The highest BCUT2D eigenvalue weighted by atomic mass is 19.2. The molecule has 2 aliphatic heterocycles. The molecule has 1 aliphatic carbocycles. The van der Waals surface area contributed by atoms with E-state index in [2.05, 4.69) is 5.32 Å². The molecule has 0 bridgehead atoms. The molecule has 0 atom stereocenters. The first-order chi connectivity index (χ1) is 21.1. The molecule has 3 aromatic rings. The van der Waals surface area contributed by atoms with Crippen LogP contribution in [-0.4, -0.2) is 54.3 Å². The maximum atomic E-state index is 14.9. The van der Waals surface area contributed by atoms with Gasteiger partial charge in [0.15, 0.2) is 17.4 Å². The molecule has 2 fully saturated rings. The van der Waals surface area contributed by atoms with Crippen LogP contribution in [0.2, 0.25) is 0 Å². The van der Waals surface area contributed by atoms with Crippen molar-refractivity contribution in [2.24, 2.45) is 5.41 Å². The number of carbonyl (C=O) groups is 4. The zero-order chi connectivity index (χ0) is 31.2. The first kappa shape index (κ1) is 29.4. The zero-order valence-electron chi connectivity index (χ0n) is 24.0. The van der Waals surface area contributed by atoms with Gasteiger partial charge >= 0.3 is 0 Å². The number of halogens is 3. The minimum absolute atomic E-state index is 0.0867. The summed E-state index contributed by atoms with van der Waals surface area (Å²) in [7, 11) is 0. The van der Waals surface area contributed by atoms with E-state index in [-0.39, 0.29) is 24.0 Å². The zero-order valence-corrected chi connectivity index (χ0v) is 24.0. The fourth-order valence-corrected chi connectivity index (χ4v) is 6.52. The van der Waals surface area contributed by atoms with Crippen LogP contribution in [-0.2, 0) is 0 Å². The van der Waals surface area contributed by atoms with Gasteiger partial charge in [-0.25, -0.2) is 13.7 Å². The summed E-state index contributed by atoms with van der Waals surface area (Å²) in [4.78, 5) is 54.2. The van der Waals surface area contributed by atoms with Gasteiger partial charge in [0.25, 0.3) is 23.6 Å². The Morgan fingerprint density at radius 3 is 2.18 bits per heavy atom. The van der Waals surface area contributed by atoms with Crippen molar-refractivity contribution < 1.29 is 37.1 Å². The van der Waals surface area contributed by atoms with Gasteiger partial charge in [-0.3, -0.25) is 19.2 Å². The lowest BCUT2D eigenvalue weighted by molar-refractivity contribution is 0.0743. The molecule has 0 unspecified atom stereocenters. The van der Waals surface area contributed by atoms with Gasteiger partial charge < -0.3 is 15.0 Å². The van der Waals surface area contributed by atoms with Crippen molar-refractivity contribution in [1.82, 2.24) is 10.2 Å². The van der Waals surface area contributed by atoms with Crippen molar-refractivity contribution in [3.8, 4) is 5.75 Å². The predicted octanol–water partition coefficient (Wildman–Crippen LogP) is 5.51. The van der Waals surface area contributed by atoms with Crippen molar-refractivity contribution in [3.05, 3.63) is 94.3 Å². The summed E-state index contributed by atoms with van der Waals surface area (Å²) in [5, 5.41) is 3.05. The molecule has 2 heterocycles. The molecule has 44 heavy (non-hydrogen) atoms. The lowest BCUT2D eigenvalue weighted by Crippen LogP contribution is -2.42. The van der Waals surface area contributed by atoms with Gasteiger partial charge in [-0.1, -0.05) is 12.1 Å². The van der Waals surface area contributed by atoms with Gasteiger partial charge in [0.05, 0.1) is 29.0 Å². The Kier molecular flexibility index (Phi) is 7.65. The van der Waals surface area contributed by atoms with Crippen molar-refractivity contribution in [3.63, 3.8) is 0 Å². The first-order valence-electron chi connectivity index (χ1n) is 14.6. The number of nitrogens with zero attached hydrogens (tertiary/aromatic N) is 2. The molecule has 8 nitrogen and oxygen atoms in total. The number of likely N-dealkylation sites (tertiary alicyclic amines) is 1. The van der Waals surface area contributed by atoms with Gasteiger partial charge in [-0.15, -0.1) is 0 Å². The molecule has 1 saturated heterocycles. The highest BCUT2D eigenvalue weighted by Crippen LogP contribution is 2.44. The molecule has 1 spiro atoms. The molecular formula is C33H30F3N3O5. The number of benzene rings is 3. The van der Waals surface area contributed by atoms with Gasteiger partial charge in [0.2, 0.25) is 5.82 Å². The van der Waals surface area contributed by atoms with E-state index in [1.807, 2.05) is 0 Å². The van der Waals surface area contributed by atoms with E-state index >= 15 is 0 Å². The van der Waals surface area contributed by atoms with Crippen molar-refractivity contribution in [2.45, 2.75) is 45.1 Å². The third-order valence-corrected chi connectivity index (χ3v) is 8.92. The van der Waals surface area contributed by atoms with E-state index in [1.165, 1.54) is 11.8 Å². The molecule has 11 heteroatoms. The van der Waals surface area contributed by atoms with Crippen LogP contribution >= 0.6 is 0 Å². The number of imide groups is 1. The minimum Gasteiger partial charge on any atom is -0.488 e. The monoisotopic (exact) mass is 605 g/mol. The molecule has 1 saturated carbocycles. The molecule has 1 N–H and O–H groups in total. The number of amides is 4. The average molecular weight is 606 g/mol. The first-order valence-corrected chi connectivity index (χ1v) is 14.6. The van der Waals surface area contributed by atoms with Gasteiger partial charge in [-0.05, 0) is 86.9 Å². The number of rotatable bonds is 6. The number of carbonyl (C=O) groups excluding carboxylic acids is 4. The van der Waals surface area contributed by atoms with E-state index in [4.69, 9.17) is 4.74 Å². The largest absolute Gasteiger partial charge is 0.488 e. The Bertz CT molecular complexity index is 1630. The fraction of sp³-hybridized carbons (Fsp3) is 0.333. The second-order valence-corrected chi connectivity index (χ2v) is 11.6. The normalized spacial score (nSPS) is 21.1. The van der Waals surface area contributed by atoms with Gasteiger partial charge in [0, 0.05) is 24.7 Å². The Balaban J connectivity index is 1.05. The average Bonchev–Trinajstić information content (AvgIpc) is 3.56. The third kappa shape index (κ3) is 5.10. The summed E-state index contributed by atoms with van der Waals surface area (Å²) in [5.41, 5.74) is 0.698. The lowest BCUT2D eigenvalue weighted by atomic mass is 9.72. The summed E-state index contributed by atoms with van der Waals surface area (Å²) in [6.45, 7) is 2.13. The maximum absolute atomic E-state index is 14.9. The lowest BCUT2D eigenvalue weighted by Gasteiger charge is -2.37. The minimum atomic E-state index is -1.46. The summed E-state index contributed by atoms with van der Waals surface area (Å²) in [6, 6.07) is 13.4. The molecule has 0 radical (unpaired) electrons. The second-order valence-electron chi connectivity index (χ2n) is 11.6. The standard InChI is InChI=1S/C33H30F3N3O5/c1-2-44-28-26(35)24(17-25(34)27(28)36)30(41)38-16-15-33(18-38)13-11-20(12-14-33)37-29(40)19-7-9-21(10-8-19)39-31(42)22-5-3-4-6-23(22)32(39)43/h3-10,17,20H,2,11-16,18H2,1H3,(H,37,40). The number of fused-ring (bicyclic) bond motifs is 1. The fourth-order valence-electron chi connectivity index (χ4n) is 6.52. The number of nitrogens with one attached hydrogen (secondary N) is 1. The van der Waals surface area contributed by atoms with Crippen LogP contribution in [0.25, 0.3) is 0 Å². The SMILES string of the molecule is CCOc1c(F)c(F)cc(C(=O)N2CCC3(CCC(NC(=O)c4ccc(N5C(=O)c6ccccc6C5=O)cc4)CC3)C2)c1F. The number of hydrogen-bond donors (Lipinski definition) is 1. The van der Waals surface area contributed by atoms with Gasteiger partial charge in [0.1, 0.15) is 0 Å². The Hall–Kier alpha value is -4.67. The number of ether oxygens (including phenoxy) is 1. The maximum Gasteiger partial charge on any atom is 0.266 e. The molecule has 3 aromatic carbocycles. The van der Waals surface area contributed by atoms with Crippen molar-refractivity contribution in [2.75, 3.05) is 24.6 Å². The van der Waals surface area contributed by atoms with E-state index in [0.29, 0.717) is 60.8 Å². The smallest absolute Gasteiger partial charge is 0.266 e. The molecule has 6 rings (SSSR count). The van der Waals surface area contributed by atoms with E-state index < -0.39 is 46.5 Å². The summed E-state index contributed by atoms with van der Waals surface area (Å²) >= 11 is 0. The Labute approximate surface area is 251 Å². The molecule has 0 aromatic heterocycles. The van der Waals surface area contributed by atoms with Crippen LogP contribution in [0.15, 0.2) is 54.6 Å². The summed E-state index contributed by atoms with van der Waals surface area (Å²) in [5.74, 6) is -6.70. The summed E-state index contributed by atoms with van der Waals surface area (Å²) in [6.07, 6.45) is 3.49. The summed E-state index contributed by atoms with van der Waals surface area (Å²) < 4.78 is 48.0. The van der Waals surface area contributed by atoms with Crippen LogP contribution in [0, 0.1) is 22.9 Å². The quantitative estimate of drug-likeness (QED) is 0.296. The van der Waals surface area contributed by atoms with Gasteiger partial charge in [-0.2, -0.15) is 4.39 Å². The predicted molar refractivity (Wildman–Crippen MR) is 154 cm³/mol. The molecule has 3 aliphatic rings. The van der Waals surface area contributed by atoms with Crippen molar-refractivity contribution in [1.29, 1.82) is 0 Å². The van der Waals surface area contributed by atoms with Crippen LogP contribution in [0.1, 0.15) is 80.5 Å². The van der Waals surface area contributed by atoms with E-state index in [1.54, 1.807) is 48.5 Å². The molecular weight excluding hydrogens is 575 g/mol. The third-order valence-electron chi connectivity index (χ3n) is 8.92. The topological polar surface area (TPSA) is 96.0 Å². The Morgan fingerprint density at radius 1 is 0.932 bits per heavy atom. The molecule has 4 amide bonds. The number of hydrogen-bond acceptors (Lipinski definition) is 5. The van der Waals surface area contributed by atoms with Crippen LogP contribution in [0.3, 0.4) is 0 Å². The highest BCUT2D eigenvalue weighted by Gasteiger charge is 2.43. The van der Waals surface area contributed by atoms with Crippen LogP contribution < -0.4 is 15.0 Å². The van der Waals surface area contributed by atoms with Crippen LogP contribution in [0.4, 0.5) is 18.9 Å².